The summed E-state index contributed by atoms with van der Waals surface area (Å²) >= 11 is 0. The third-order valence-corrected chi connectivity index (χ3v) is 1.32. The first-order valence-corrected chi connectivity index (χ1v) is 3.49. The standard InChI is InChI=1S/C7H6F4N2O/c8-3-4-1-2-5(12)13-6(4)14-7(9,10)11/h1-2H,3H2,(H2,12,13). The summed E-state index contributed by atoms with van der Waals surface area (Å²) in [7, 11) is 0. The maximum atomic E-state index is 12.2. The molecule has 3 nitrogen and oxygen atoms in total. The van der Waals surface area contributed by atoms with Crippen LogP contribution >= 0.6 is 0 Å². The van der Waals surface area contributed by atoms with Gasteiger partial charge >= 0.3 is 6.36 Å². The van der Waals surface area contributed by atoms with Crippen molar-refractivity contribution >= 4 is 5.82 Å². The van der Waals surface area contributed by atoms with Crippen LogP contribution in [-0.4, -0.2) is 11.3 Å². The number of hydrogen-bond donors (Lipinski definition) is 1. The molecular formula is C7H6F4N2O. The molecule has 1 aromatic rings. The minimum atomic E-state index is -4.90. The van der Waals surface area contributed by atoms with Crippen molar-refractivity contribution in [2.75, 3.05) is 5.73 Å². The molecule has 0 fully saturated rings. The van der Waals surface area contributed by atoms with Crippen molar-refractivity contribution in [2.24, 2.45) is 0 Å². The maximum absolute atomic E-state index is 12.2. The van der Waals surface area contributed by atoms with Gasteiger partial charge in [-0.2, -0.15) is 4.98 Å². The second-order valence-electron chi connectivity index (χ2n) is 2.38. The molecule has 1 aromatic heterocycles. The van der Waals surface area contributed by atoms with Gasteiger partial charge in [-0.1, -0.05) is 0 Å². The van der Waals surface area contributed by atoms with E-state index in [0.717, 1.165) is 6.07 Å². The summed E-state index contributed by atoms with van der Waals surface area (Å²) in [4.78, 5) is 3.22. The van der Waals surface area contributed by atoms with Crippen molar-refractivity contribution in [1.82, 2.24) is 4.98 Å². The minimum Gasteiger partial charge on any atom is -0.387 e. The molecule has 1 rings (SSSR count). The first-order valence-electron chi connectivity index (χ1n) is 3.49. The largest absolute Gasteiger partial charge is 0.574 e. The highest BCUT2D eigenvalue weighted by Crippen LogP contribution is 2.25. The van der Waals surface area contributed by atoms with E-state index < -0.39 is 18.9 Å². The Morgan fingerprint density at radius 1 is 1.36 bits per heavy atom. The number of rotatable bonds is 2. The van der Waals surface area contributed by atoms with Crippen LogP contribution in [0.4, 0.5) is 23.4 Å². The quantitative estimate of drug-likeness (QED) is 0.759. The number of pyridine rings is 1. The van der Waals surface area contributed by atoms with E-state index >= 15 is 0 Å². The van der Waals surface area contributed by atoms with E-state index in [9.17, 15) is 17.6 Å². The van der Waals surface area contributed by atoms with Crippen molar-refractivity contribution in [3.8, 4) is 5.88 Å². The number of nitrogens with two attached hydrogens (primary N) is 1. The number of nitrogen functional groups attached to an aromatic ring is 1. The fourth-order valence-electron chi connectivity index (χ4n) is 0.783. The van der Waals surface area contributed by atoms with Gasteiger partial charge in [-0.25, -0.2) is 4.39 Å². The third kappa shape index (κ3) is 2.75. The Balaban J connectivity index is 2.99. The molecule has 0 radical (unpaired) electrons. The molecule has 0 atom stereocenters. The fourth-order valence-corrected chi connectivity index (χ4v) is 0.783. The van der Waals surface area contributed by atoms with Crippen LogP contribution in [-0.2, 0) is 6.67 Å². The van der Waals surface area contributed by atoms with Crippen molar-refractivity contribution in [3.05, 3.63) is 17.7 Å². The second kappa shape index (κ2) is 3.69. The summed E-state index contributed by atoms with van der Waals surface area (Å²) < 4.78 is 50.9. The van der Waals surface area contributed by atoms with Crippen LogP contribution in [0.25, 0.3) is 0 Å². The number of alkyl halides is 4. The lowest BCUT2D eigenvalue weighted by atomic mass is 10.3. The Morgan fingerprint density at radius 3 is 2.50 bits per heavy atom. The molecule has 0 aromatic carbocycles. The molecule has 78 valence electrons. The highest BCUT2D eigenvalue weighted by atomic mass is 19.4. The van der Waals surface area contributed by atoms with Crippen LogP contribution in [0.3, 0.4) is 0 Å². The molecule has 0 saturated carbocycles. The van der Waals surface area contributed by atoms with Crippen LogP contribution in [0.2, 0.25) is 0 Å². The minimum absolute atomic E-state index is 0.165. The predicted octanol–water partition coefficient (Wildman–Crippen LogP) is 2.03. The molecular weight excluding hydrogens is 204 g/mol. The Kier molecular flexibility index (Phi) is 2.78. The Labute approximate surface area is 76.5 Å². The monoisotopic (exact) mass is 210 g/mol. The fraction of sp³-hybridized carbons (Fsp3) is 0.286. The molecule has 0 unspecified atom stereocenters. The van der Waals surface area contributed by atoms with E-state index in [-0.39, 0.29) is 11.4 Å². The Bertz CT molecular complexity index is 326. The van der Waals surface area contributed by atoms with Gasteiger partial charge in [-0.05, 0) is 12.1 Å². The summed E-state index contributed by atoms with van der Waals surface area (Å²) in [6.45, 7) is -1.10. The number of ether oxygens (including phenoxy) is 1. The summed E-state index contributed by atoms with van der Waals surface area (Å²) in [5.74, 6) is -1.01. The SMILES string of the molecule is Nc1ccc(CF)c(OC(F)(F)F)n1. The molecule has 0 aliphatic rings. The van der Waals surface area contributed by atoms with Gasteiger partial charge in [0, 0.05) is 5.56 Å². The lowest BCUT2D eigenvalue weighted by molar-refractivity contribution is -0.276. The normalized spacial score (nSPS) is 11.4. The second-order valence-corrected chi connectivity index (χ2v) is 2.38. The molecule has 0 bridgehead atoms. The molecule has 2 N–H and O–H groups in total. The lowest BCUT2D eigenvalue weighted by Crippen LogP contribution is -2.19. The van der Waals surface area contributed by atoms with Gasteiger partial charge in [-0.15, -0.1) is 13.2 Å². The van der Waals surface area contributed by atoms with Gasteiger partial charge in [0.1, 0.15) is 12.5 Å². The molecule has 7 heteroatoms. The Hall–Kier alpha value is -1.53. The first-order chi connectivity index (χ1) is 6.42. The van der Waals surface area contributed by atoms with Crippen LogP contribution < -0.4 is 10.5 Å². The summed E-state index contributed by atoms with van der Waals surface area (Å²) in [5, 5.41) is 0. The average molecular weight is 210 g/mol. The Morgan fingerprint density at radius 2 is 2.00 bits per heavy atom. The number of halogens is 4. The molecule has 0 spiro atoms. The highest BCUT2D eigenvalue weighted by Gasteiger charge is 2.32. The summed E-state index contributed by atoms with van der Waals surface area (Å²) in [6.07, 6.45) is -4.90. The summed E-state index contributed by atoms with van der Waals surface area (Å²) in [6, 6.07) is 2.28. The first kappa shape index (κ1) is 10.6. The van der Waals surface area contributed by atoms with Crippen molar-refractivity contribution < 1.29 is 22.3 Å². The molecule has 14 heavy (non-hydrogen) atoms. The van der Waals surface area contributed by atoms with Crippen molar-refractivity contribution in [2.45, 2.75) is 13.0 Å². The number of nitrogens with zero attached hydrogens (tertiary/aromatic N) is 1. The van der Waals surface area contributed by atoms with Gasteiger partial charge < -0.3 is 10.5 Å². The van der Waals surface area contributed by atoms with Gasteiger partial charge in [0.15, 0.2) is 0 Å². The van der Waals surface area contributed by atoms with Gasteiger partial charge in [-0.3, -0.25) is 0 Å². The van der Waals surface area contributed by atoms with E-state index in [1.165, 1.54) is 6.07 Å². The van der Waals surface area contributed by atoms with E-state index in [2.05, 4.69) is 9.72 Å². The van der Waals surface area contributed by atoms with Gasteiger partial charge in [0.05, 0.1) is 0 Å². The zero-order chi connectivity index (χ0) is 10.8. The number of hydrogen-bond acceptors (Lipinski definition) is 3. The van der Waals surface area contributed by atoms with Gasteiger partial charge in [0.25, 0.3) is 0 Å². The smallest absolute Gasteiger partial charge is 0.387 e. The zero-order valence-electron chi connectivity index (χ0n) is 6.81. The zero-order valence-corrected chi connectivity index (χ0v) is 6.81. The maximum Gasteiger partial charge on any atom is 0.574 e. The molecule has 0 aliphatic carbocycles. The number of aromatic nitrogens is 1. The van der Waals surface area contributed by atoms with Crippen LogP contribution in [0.15, 0.2) is 12.1 Å². The van der Waals surface area contributed by atoms with Crippen LogP contribution in [0.5, 0.6) is 5.88 Å². The van der Waals surface area contributed by atoms with E-state index in [1.54, 1.807) is 0 Å². The van der Waals surface area contributed by atoms with Crippen molar-refractivity contribution in [3.63, 3.8) is 0 Å². The summed E-state index contributed by atoms with van der Waals surface area (Å²) in [5.41, 5.74) is 4.83. The van der Waals surface area contributed by atoms with E-state index in [4.69, 9.17) is 5.73 Å². The highest BCUT2D eigenvalue weighted by molar-refractivity contribution is 5.37. The molecule has 0 aliphatic heterocycles. The van der Waals surface area contributed by atoms with Crippen LogP contribution in [0, 0.1) is 0 Å². The lowest BCUT2D eigenvalue weighted by Gasteiger charge is -2.10. The third-order valence-electron chi connectivity index (χ3n) is 1.32. The van der Waals surface area contributed by atoms with Crippen LogP contribution in [0.1, 0.15) is 5.56 Å². The molecule has 0 saturated heterocycles. The van der Waals surface area contributed by atoms with Gasteiger partial charge in [0.2, 0.25) is 5.88 Å². The van der Waals surface area contributed by atoms with E-state index in [0.29, 0.717) is 0 Å². The van der Waals surface area contributed by atoms with Crippen molar-refractivity contribution in [1.29, 1.82) is 0 Å². The van der Waals surface area contributed by atoms with E-state index in [1.807, 2.05) is 0 Å². The predicted molar refractivity (Wildman–Crippen MR) is 40.1 cm³/mol. The average Bonchev–Trinajstić information content (AvgIpc) is 2.01. The topological polar surface area (TPSA) is 48.1 Å². The number of anilines is 1. The molecule has 1 heterocycles. The molecule has 0 amide bonds.